The molecule has 0 radical (unpaired) electrons. The van der Waals surface area contributed by atoms with Crippen LogP contribution in [0.15, 0.2) is 18.2 Å². The molecule has 1 saturated heterocycles. The number of aryl methyl sites for hydroxylation is 1. The van der Waals surface area contributed by atoms with Gasteiger partial charge in [-0.25, -0.2) is 9.18 Å². The summed E-state index contributed by atoms with van der Waals surface area (Å²) in [6.07, 6.45) is 9.42. The SMILES string of the molecule is Cc1c(C(=O)O)[nH]c2ccc(NC(=O)[C@@H]3C(C4CCCCC4)CCN3C(=O)[C@H]3CC[C@H]([C@H](N)CF)CC3)cc12. The molecule has 5 N–H and O–H groups in total. The molecule has 2 aliphatic carbocycles. The van der Waals surface area contributed by atoms with E-state index in [2.05, 4.69) is 10.3 Å². The third kappa shape index (κ3) is 5.55. The van der Waals surface area contributed by atoms with Crippen molar-refractivity contribution in [2.24, 2.45) is 29.4 Å². The maximum Gasteiger partial charge on any atom is 0.352 e. The molecular formula is C30H41FN4O4. The number of H-pyrrole nitrogens is 1. The molecule has 9 heteroatoms. The van der Waals surface area contributed by atoms with Crippen molar-refractivity contribution in [2.45, 2.75) is 83.2 Å². The standard InChI is InChI=1S/C30H41FN4O4/c1-17-23-15-21(11-12-25(23)34-26(17)30(38)39)33-28(36)27-22(18-5-3-2-4-6-18)13-14-35(27)29(37)20-9-7-19(8-10-20)24(32)16-31/h11-12,15,18-20,22,24,27,34H,2-10,13-14,16,32H2,1H3,(H,33,36)(H,38,39)/t19-,20-,22?,24-,27+/m1/s1. The molecule has 3 aliphatic rings. The summed E-state index contributed by atoms with van der Waals surface area (Å²) in [4.78, 5) is 44.0. The fourth-order valence-corrected chi connectivity index (χ4v) is 7.44. The molecule has 0 bridgehead atoms. The Kier molecular flexibility index (Phi) is 8.26. The molecule has 0 spiro atoms. The van der Waals surface area contributed by atoms with Crippen LogP contribution in [0.3, 0.4) is 0 Å². The molecule has 3 fully saturated rings. The number of hydrogen-bond donors (Lipinski definition) is 4. The normalized spacial score (nSPS) is 27.0. The summed E-state index contributed by atoms with van der Waals surface area (Å²) >= 11 is 0. The predicted molar refractivity (Wildman–Crippen MR) is 148 cm³/mol. The number of aromatic carboxylic acids is 1. The van der Waals surface area contributed by atoms with Crippen LogP contribution in [0.2, 0.25) is 0 Å². The zero-order chi connectivity index (χ0) is 27.7. The number of fused-ring (bicyclic) bond motifs is 1. The van der Waals surface area contributed by atoms with E-state index in [1.54, 1.807) is 25.1 Å². The van der Waals surface area contributed by atoms with Crippen LogP contribution in [0.1, 0.15) is 80.3 Å². The largest absolute Gasteiger partial charge is 0.477 e. The minimum atomic E-state index is -1.02. The van der Waals surface area contributed by atoms with Gasteiger partial charge >= 0.3 is 5.97 Å². The van der Waals surface area contributed by atoms with Crippen LogP contribution in [0.4, 0.5) is 10.1 Å². The van der Waals surface area contributed by atoms with Crippen LogP contribution >= 0.6 is 0 Å². The van der Waals surface area contributed by atoms with E-state index in [-0.39, 0.29) is 35.3 Å². The minimum Gasteiger partial charge on any atom is -0.477 e. The fraction of sp³-hybridized carbons (Fsp3) is 0.633. The Morgan fingerprint density at radius 2 is 1.82 bits per heavy atom. The van der Waals surface area contributed by atoms with Gasteiger partial charge in [-0.15, -0.1) is 0 Å². The number of carbonyl (C=O) groups excluding carboxylic acids is 2. The second kappa shape index (κ2) is 11.7. The van der Waals surface area contributed by atoms with Crippen LogP contribution in [0.5, 0.6) is 0 Å². The van der Waals surface area contributed by atoms with E-state index in [1.165, 1.54) is 6.42 Å². The predicted octanol–water partition coefficient (Wildman–Crippen LogP) is 5.01. The number of aromatic nitrogens is 1. The number of amides is 2. The van der Waals surface area contributed by atoms with E-state index in [0.29, 0.717) is 42.1 Å². The lowest BCUT2D eigenvalue weighted by Crippen LogP contribution is -2.50. The number of rotatable bonds is 7. The van der Waals surface area contributed by atoms with Gasteiger partial charge in [-0.1, -0.05) is 32.1 Å². The number of alkyl halides is 1. The molecule has 2 saturated carbocycles. The number of nitrogens with one attached hydrogen (secondary N) is 2. The number of carbonyl (C=O) groups is 3. The van der Waals surface area contributed by atoms with Crippen molar-refractivity contribution < 1.29 is 23.9 Å². The number of likely N-dealkylation sites (tertiary alicyclic amines) is 1. The van der Waals surface area contributed by atoms with Crippen molar-refractivity contribution in [3.05, 3.63) is 29.5 Å². The van der Waals surface area contributed by atoms with Gasteiger partial charge in [-0.05, 0) is 80.5 Å². The Morgan fingerprint density at radius 3 is 2.49 bits per heavy atom. The summed E-state index contributed by atoms with van der Waals surface area (Å²) in [6.45, 7) is 1.80. The molecular weight excluding hydrogens is 499 g/mol. The number of anilines is 1. The van der Waals surface area contributed by atoms with Gasteiger partial charge in [0.05, 0.1) is 0 Å². The van der Waals surface area contributed by atoms with Gasteiger partial charge in [0.1, 0.15) is 18.4 Å². The first-order valence-corrected chi connectivity index (χ1v) is 14.6. The zero-order valence-corrected chi connectivity index (χ0v) is 22.8. The van der Waals surface area contributed by atoms with Gasteiger partial charge in [0.2, 0.25) is 11.8 Å². The molecule has 39 heavy (non-hydrogen) atoms. The highest BCUT2D eigenvalue weighted by Crippen LogP contribution is 2.41. The molecule has 2 aromatic rings. The van der Waals surface area contributed by atoms with Crippen molar-refractivity contribution in [1.82, 2.24) is 9.88 Å². The number of hydrogen-bond acceptors (Lipinski definition) is 4. The van der Waals surface area contributed by atoms with E-state index in [1.807, 2.05) is 4.90 Å². The van der Waals surface area contributed by atoms with Gasteiger partial charge in [0.25, 0.3) is 0 Å². The van der Waals surface area contributed by atoms with Gasteiger partial charge in [-0.3, -0.25) is 9.59 Å². The highest BCUT2D eigenvalue weighted by molar-refractivity contribution is 6.02. The Labute approximate surface area is 228 Å². The van der Waals surface area contributed by atoms with Gasteiger partial charge in [0.15, 0.2) is 0 Å². The van der Waals surface area contributed by atoms with Gasteiger partial charge in [-0.2, -0.15) is 0 Å². The first kappa shape index (κ1) is 27.6. The van der Waals surface area contributed by atoms with Gasteiger partial charge in [0, 0.05) is 35.1 Å². The van der Waals surface area contributed by atoms with E-state index in [9.17, 15) is 23.9 Å². The fourth-order valence-electron chi connectivity index (χ4n) is 7.44. The van der Waals surface area contributed by atoms with Crippen molar-refractivity contribution >= 4 is 34.4 Å². The molecule has 212 valence electrons. The first-order chi connectivity index (χ1) is 18.8. The Bertz CT molecular complexity index is 1220. The second-order valence-electron chi connectivity index (χ2n) is 11.9. The first-order valence-electron chi connectivity index (χ1n) is 14.6. The van der Waals surface area contributed by atoms with Crippen molar-refractivity contribution in [3.63, 3.8) is 0 Å². The number of aromatic amines is 1. The van der Waals surface area contributed by atoms with Crippen LogP contribution in [-0.4, -0.2) is 58.1 Å². The third-order valence-corrected chi connectivity index (χ3v) is 9.70. The molecule has 1 aromatic carbocycles. The van der Waals surface area contributed by atoms with Crippen LogP contribution in [-0.2, 0) is 9.59 Å². The zero-order valence-electron chi connectivity index (χ0n) is 22.8. The quantitative estimate of drug-likeness (QED) is 0.392. The Hall–Kier alpha value is -2.94. The smallest absolute Gasteiger partial charge is 0.352 e. The molecule has 2 heterocycles. The van der Waals surface area contributed by atoms with Crippen molar-refractivity contribution in [3.8, 4) is 0 Å². The average Bonchev–Trinajstić information content (AvgIpc) is 3.54. The third-order valence-electron chi connectivity index (χ3n) is 9.70. The summed E-state index contributed by atoms with van der Waals surface area (Å²) in [7, 11) is 0. The average molecular weight is 541 g/mol. The summed E-state index contributed by atoms with van der Waals surface area (Å²) in [6, 6.07) is 4.37. The second-order valence-corrected chi connectivity index (χ2v) is 11.9. The number of carboxylic acid groups (broad SMARTS) is 1. The summed E-state index contributed by atoms with van der Waals surface area (Å²) in [5.74, 6) is -0.633. The van der Waals surface area contributed by atoms with Crippen LogP contribution in [0, 0.1) is 30.6 Å². The number of nitrogens with zero attached hydrogens (tertiary/aromatic N) is 1. The lowest BCUT2D eigenvalue weighted by atomic mass is 9.76. The highest BCUT2D eigenvalue weighted by atomic mass is 19.1. The number of nitrogens with two attached hydrogens (primary N) is 1. The van der Waals surface area contributed by atoms with E-state index in [0.717, 1.165) is 50.3 Å². The number of carboxylic acids is 1. The van der Waals surface area contributed by atoms with Crippen LogP contribution in [0.25, 0.3) is 10.9 Å². The Balaban J connectivity index is 1.36. The maximum atomic E-state index is 13.9. The lowest BCUT2D eigenvalue weighted by molar-refractivity contribution is -0.142. The number of halogens is 1. The molecule has 3 atom stereocenters. The Morgan fingerprint density at radius 1 is 1.10 bits per heavy atom. The van der Waals surface area contributed by atoms with E-state index >= 15 is 0 Å². The molecule has 1 aliphatic heterocycles. The summed E-state index contributed by atoms with van der Waals surface area (Å²) in [5, 5.41) is 13.3. The monoisotopic (exact) mass is 540 g/mol. The van der Waals surface area contributed by atoms with E-state index < -0.39 is 24.7 Å². The molecule has 8 nitrogen and oxygen atoms in total. The molecule has 5 rings (SSSR count). The topological polar surface area (TPSA) is 129 Å². The molecule has 2 amide bonds. The van der Waals surface area contributed by atoms with E-state index in [4.69, 9.17) is 5.73 Å². The highest BCUT2D eigenvalue weighted by Gasteiger charge is 2.47. The summed E-state index contributed by atoms with van der Waals surface area (Å²) in [5.41, 5.74) is 7.98. The van der Waals surface area contributed by atoms with Gasteiger partial charge < -0.3 is 26.0 Å². The minimum absolute atomic E-state index is 0.0451. The van der Waals surface area contributed by atoms with Crippen molar-refractivity contribution in [1.29, 1.82) is 0 Å². The maximum absolute atomic E-state index is 13.9. The molecule has 1 aromatic heterocycles. The summed E-state index contributed by atoms with van der Waals surface area (Å²) < 4.78 is 13.1. The lowest BCUT2D eigenvalue weighted by Gasteiger charge is -2.36. The number of benzene rings is 1. The molecule has 1 unspecified atom stereocenters. The van der Waals surface area contributed by atoms with Crippen molar-refractivity contribution in [2.75, 3.05) is 18.5 Å². The van der Waals surface area contributed by atoms with Crippen LogP contribution < -0.4 is 11.1 Å².